The predicted octanol–water partition coefficient (Wildman–Crippen LogP) is 3.39. The molecule has 182 valence electrons. The number of likely N-dealkylation sites (tertiary alicyclic amines) is 1. The fourth-order valence-electron chi connectivity index (χ4n) is 3.50. The number of carbonyl (C=O) groups is 4. The molecule has 1 aliphatic rings. The number of para-hydroxylation sites is 1. The number of rotatable bonds is 12. The molecule has 10 heteroatoms. The van der Waals surface area contributed by atoms with Crippen molar-refractivity contribution in [2.45, 2.75) is 18.9 Å². The van der Waals surface area contributed by atoms with Crippen LogP contribution in [0.15, 0.2) is 56.2 Å². The third-order valence-electron chi connectivity index (χ3n) is 4.90. The lowest BCUT2D eigenvalue weighted by molar-refractivity contribution is -0.120. The molecule has 1 saturated heterocycles. The highest BCUT2D eigenvalue weighted by Crippen LogP contribution is 2.32. The van der Waals surface area contributed by atoms with E-state index in [9.17, 15) is 19.2 Å². The summed E-state index contributed by atoms with van der Waals surface area (Å²) >= 11 is 3.81. The van der Waals surface area contributed by atoms with Crippen molar-refractivity contribution < 1.29 is 33.4 Å². The van der Waals surface area contributed by atoms with Crippen molar-refractivity contribution in [1.29, 1.82) is 0 Å². The van der Waals surface area contributed by atoms with Crippen molar-refractivity contribution in [3.05, 3.63) is 61.7 Å². The number of ether oxygens (including phenoxy) is 3. The Balaban J connectivity index is 2.35. The van der Waals surface area contributed by atoms with Gasteiger partial charge in [0.05, 0.1) is 11.3 Å². The van der Waals surface area contributed by atoms with Crippen LogP contribution in [-0.2, 0) is 19.1 Å². The standard InChI is InChI=1S/C24H28N2O7S/c1-4-10-31-19-9-7-8-17(23(29)32-11-5-2)21(19)25-22(28)18-13-16(14-20(27)34)15-26(18)24(30)33-12-6-3/h4-9,16,18H,1-3,10-15H2,(H,25,28)(H,27,34)/t16-,18-/m0/s1. The molecule has 1 fully saturated rings. The fraction of sp³-hybridized carbons (Fsp3) is 0.333. The van der Waals surface area contributed by atoms with Crippen molar-refractivity contribution in [2.24, 2.45) is 5.92 Å². The number of nitrogens with one attached hydrogen (secondary N) is 1. The smallest absolute Gasteiger partial charge is 0.410 e. The second-order valence-corrected chi connectivity index (χ2v) is 7.89. The molecule has 0 spiro atoms. The summed E-state index contributed by atoms with van der Waals surface area (Å²) in [6.45, 7) is 10.8. The number of nitrogens with zero attached hydrogens (tertiary/aromatic N) is 1. The molecular weight excluding hydrogens is 460 g/mol. The number of carbonyl (C=O) groups excluding carboxylic acids is 4. The van der Waals surface area contributed by atoms with Gasteiger partial charge in [-0.25, -0.2) is 9.59 Å². The summed E-state index contributed by atoms with van der Waals surface area (Å²) in [6.07, 6.45) is 3.94. The molecule has 0 aliphatic carbocycles. The molecule has 1 aromatic carbocycles. The highest BCUT2D eigenvalue weighted by Gasteiger charge is 2.41. The van der Waals surface area contributed by atoms with Gasteiger partial charge in [0.2, 0.25) is 5.91 Å². The van der Waals surface area contributed by atoms with Gasteiger partial charge < -0.3 is 19.5 Å². The molecule has 0 aromatic heterocycles. The first kappa shape index (κ1) is 26.7. The van der Waals surface area contributed by atoms with E-state index in [0.29, 0.717) is 0 Å². The third-order valence-corrected chi connectivity index (χ3v) is 5.08. The van der Waals surface area contributed by atoms with E-state index in [1.54, 1.807) is 12.1 Å². The largest absolute Gasteiger partial charge is 0.487 e. The Morgan fingerprint density at radius 2 is 1.74 bits per heavy atom. The van der Waals surface area contributed by atoms with Crippen molar-refractivity contribution >= 4 is 41.4 Å². The molecule has 9 nitrogen and oxygen atoms in total. The molecule has 2 amide bonds. The zero-order valence-electron chi connectivity index (χ0n) is 18.7. The molecule has 34 heavy (non-hydrogen) atoms. The highest BCUT2D eigenvalue weighted by molar-refractivity contribution is 7.96. The first-order valence-corrected chi connectivity index (χ1v) is 11.0. The van der Waals surface area contributed by atoms with Crippen molar-refractivity contribution in [2.75, 3.05) is 31.7 Å². The third kappa shape index (κ3) is 7.24. The summed E-state index contributed by atoms with van der Waals surface area (Å²) in [5.41, 5.74) is 0.161. The molecule has 1 aliphatic heterocycles. The Morgan fingerprint density at radius 1 is 1.06 bits per heavy atom. The lowest BCUT2D eigenvalue weighted by Gasteiger charge is -2.24. The summed E-state index contributed by atoms with van der Waals surface area (Å²) < 4.78 is 15.8. The Kier molecular flexibility index (Phi) is 10.4. The highest BCUT2D eigenvalue weighted by atomic mass is 32.1. The lowest BCUT2D eigenvalue weighted by atomic mass is 10.0. The molecule has 1 N–H and O–H groups in total. The molecular formula is C24H28N2O7S. The summed E-state index contributed by atoms with van der Waals surface area (Å²) in [5.74, 6) is -1.31. The quantitative estimate of drug-likeness (QED) is 0.264. The van der Waals surface area contributed by atoms with Crippen LogP contribution in [0, 0.1) is 5.92 Å². The topological polar surface area (TPSA) is 111 Å². The maximum atomic E-state index is 13.3. The maximum Gasteiger partial charge on any atom is 0.410 e. The molecule has 0 saturated carbocycles. The van der Waals surface area contributed by atoms with E-state index in [0.717, 1.165) is 0 Å². The normalized spacial score (nSPS) is 16.8. The van der Waals surface area contributed by atoms with Gasteiger partial charge in [0, 0.05) is 13.0 Å². The Hall–Kier alpha value is -3.53. The monoisotopic (exact) mass is 488 g/mol. The van der Waals surface area contributed by atoms with E-state index in [1.807, 2.05) is 0 Å². The summed E-state index contributed by atoms with van der Waals surface area (Å²) in [5, 5.41) is 2.36. The van der Waals surface area contributed by atoms with E-state index in [2.05, 4.69) is 37.7 Å². The molecule has 1 heterocycles. The van der Waals surface area contributed by atoms with Crippen LogP contribution in [0.2, 0.25) is 0 Å². The lowest BCUT2D eigenvalue weighted by Crippen LogP contribution is -2.43. The minimum Gasteiger partial charge on any atom is -0.487 e. The summed E-state index contributed by atoms with van der Waals surface area (Å²) in [6, 6.07) is 3.70. The zero-order valence-corrected chi connectivity index (χ0v) is 19.6. The molecule has 0 bridgehead atoms. The molecule has 2 rings (SSSR count). The van der Waals surface area contributed by atoms with Gasteiger partial charge >= 0.3 is 12.1 Å². The Bertz CT molecular complexity index is 963. The van der Waals surface area contributed by atoms with Gasteiger partial charge in [-0.2, -0.15) is 0 Å². The number of hydrogen-bond donors (Lipinski definition) is 2. The number of benzene rings is 1. The van der Waals surface area contributed by atoms with Crippen LogP contribution in [0.4, 0.5) is 10.5 Å². The maximum absolute atomic E-state index is 13.3. The van der Waals surface area contributed by atoms with E-state index in [4.69, 9.17) is 14.2 Å². The first-order valence-electron chi connectivity index (χ1n) is 10.5. The average molecular weight is 489 g/mol. The molecule has 1 aromatic rings. The minimum absolute atomic E-state index is 0.0189. The number of amides is 2. The number of anilines is 1. The molecule has 2 atom stereocenters. The van der Waals surface area contributed by atoms with Gasteiger partial charge in [0.15, 0.2) is 5.12 Å². The van der Waals surface area contributed by atoms with Gasteiger partial charge in [0.25, 0.3) is 0 Å². The second-order valence-electron chi connectivity index (χ2n) is 7.39. The van der Waals surface area contributed by atoms with Crippen LogP contribution in [0.3, 0.4) is 0 Å². The molecule has 0 radical (unpaired) electrons. The van der Waals surface area contributed by atoms with Crippen molar-refractivity contribution in [3.63, 3.8) is 0 Å². The first-order chi connectivity index (χ1) is 16.3. The van der Waals surface area contributed by atoms with Gasteiger partial charge in [-0.1, -0.05) is 44.0 Å². The van der Waals surface area contributed by atoms with Crippen LogP contribution in [0.1, 0.15) is 23.2 Å². The second kappa shape index (κ2) is 13.2. The summed E-state index contributed by atoms with van der Waals surface area (Å²) in [7, 11) is 0. The van der Waals surface area contributed by atoms with Crippen LogP contribution in [-0.4, -0.2) is 60.4 Å². The van der Waals surface area contributed by atoms with Gasteiger partial charge in [-0.3, -0.25) is 14.5 Å². The summed E-state index contributed by atoms with van der Waals surface area (Å²) in [4.78, 5) is 51.2. The van der Waals surface area contributed by atoms with Crippen LogP contribution in [0.5, 0.6) is 5.75 Å². The van der Waals surface area contributed by atoms with Crippen LogP contribution in [0.25, 0.3) is 0 Å². The van der Waals surface area contributed by atoms with Crippen LogP contribution >= 0.6 is 12.6 Å². The van der Waals surface area contributed by atoms with Gasteiger partial charge in [-0.15, -0.1) is 12.6 Å². The SMILES string of the molecule is C=CCOC(=O)c1cccc(OCC=C)c1NC(=O)[C@@H]1C[C@@H](CC(=O)S)CN1C(=O)OCC=C. The average Bonchev–Trinajstić information content (AvgIpc) is 3.23. The Morgan fingerprint density at radius 3 is 2.38 bits per heavy atom. The number of esters is 1. The van der Waals surface area contributed by atoms with Gasteiger partial charge in [-0.05, 0) is 24.5 Å². The van der Waals surface area contributed by atoms with Crippen molar-refractivity contribution in [1.82, 2.24) is 4.90 Å². The zero-order chi connectivity index (χ0) is 25.1. The van der Waals surface area contributed by atoms with E-state index in [1.165, 1.54) is 29.2 Å². The van der Waals surface area contributed by atoms with E-state index >= 15 is 0 Å². The van der Waals surface area contributed by atoms with E-state index in [-0.39, 0.29) is 67.2 Å². The minimum atomic E-state index is -0.945. The predicted molar refractivity (Wildman–Crippen MR) is 130 cm³/mol. The van der Waals surface area contributed by atoms with Crippen LogP contribution < -0.4 is 10.1 Å². The van der Waals surface area contributed by atoms with Crippen molar-refractivity contribution in [3.8, 4) is 5.75 Å². The number of thiol groups is 1. The van der Waals surface area contributed by atoms with E-state index < -0.39 is 24.0 Å². The number of hydrogen-bond acceptors (Lipinski definition) is 7. The fourth-order valence-corrected chi connectivity index (χ4v) is 3.76. The molecule has 0 unspecified atom stereocenters. The Labute approximate surface area is 203 Å². The van der Waals surface area contributed by atoms with Gasteiger partial charge in [0.1, 0.15) is 31.6 Å².